The summed E-state index contributed by atoms with van der Waals surface area (Å²) in [6.45, 7) is 3.95. The smallest absolute Gasteiger partial charge is 0.248 e. The van der Waals surface area contributed by atoms with Crippen molar-refractivity contribution in [3.8, 4) is 0 Å². The molecule has 0 aliphatic rings. The SMILES string of the molecule is C.COCC[n+]1c(C(C)=O)cccc1C(C)=O. The van der Waals surface area contributed by atoms with Crippen molar-refractivity contribution in [3.63, 3.8) is 0 Å². The van der Waals surface area contributed by atoms with Gasteiger partial charge in [0.2, 0.25) is 23.0 Å². The second-order valence-electron chi connectivity index (χ2n) is 3.55. The summed E-state index contributed by atoms with van der Waals surface area (Å²) in [6.07, 6.45) is 0. The summed E-state index contributed by atoms with van der Waals surface area (Å²) >= 11 is 0. The molecule has 0 atom stereocenters. The van der Waals surface area contributed by atoms with Gasteiger partial charge >= 0.3 is 0 Å². The quantitative estimate of drug-likeness (QED) is 0.579. The maximum absolute atomic E-state index is 11.4. The molecule has 0 saturated heterocycles. The van der Waals surface area contributed by atoms with Gasteiger partial charge in [0.15, 0.2) is 6.54 Å². The number of carbonyl (C=O) groups is 2. The molecular weight excluding hydrogens is 218 g/mol. The number of rotatable bonds is 5. The van der Waals surface area contributed by atoms with Crippen LogP contribution in [0.2, 0.25) is 0 Å². The molecule has 1 aromatic heterocycles. The molecular formula is C13H20NO3+. The van der Waals surface area contributed by atoms with Crippen molar-refractivity contribution in [2.75, 3.05) is 13.7 Å². The van der Waals surface area contributed by atoms with Gasteiger partial charge in [0.25, 0.3) is 0 Å². The van der Waals surface area contributed by atoms with Gasteiger partial charge in [-0.1, -0.05) is 7.43 Å². The van der Waals surface area contributed by atoms with Crippen molar-refractivity contribution in [1.82, 2.24) is 0 Å². The molecule has 0 unspecified atom stereocenters. The molecule has 0 aliphatic carbocycles. The minimum absolute atomic E-state index is 0. The highest BCUT2D eigenvalue weighted by molar-refractivity contribution is 5.93. The lowest BCUT2D eigenvalue weighted by Crippen LogP contribution is -2.46. The first-order valence-corrected chi connectivity index (χ1v) is 5.11. The molecule has 0 saturated carbocycles. The zero-order valence-corrected chi connectivity index (χ0v) is 9.82. The number of ether oxygens (including phenoxy) is 1. The van der Waals surface area contributed by atoms with Crippen LogP contribution >= 0.6 is 0 Å². The lowest BCUT2D eigenvalue weighted by atomic mass is 10.2. The molecule has 0 fully saturated rings. The first-order valence-electron chi connectivity index (χ1n) is 5.11. The zero-order valence-electron chi connectivity index (χ0n) is 9.82. The Bertz CT molecular complexity index is 381. The van der Waals surface area contributed by atoms with E-state index in [1.807, 2.05) is 0 Å². The minimum atomic E-state index is -0.0563. The third-order valence-corrected chi connectivity index (χ3v) is 2.33. The predicted octanol–water partition coefficient (Wildman–Crippen LogP) is 1.66. The third-order valence-electron chi connectivity index (χ3n) is 2.33. The number of hydrogen-bond acceptors (Lipinski definition) is 3. The summed E-state index contributed by atoms with van der Waals surface area (Å²) < 4.78 is 6.67. The molecule has 0 N–H and O–H groups in total. The molecule has 0 radical (unpaired) electrons. The predicted molar refractivity (Wildman–Crippen MR) is 65.3 cm³/mol. The van der Waals surface area contributed by atoms with Gasteiger partial charge in [-0.25, -0.2) is 0 Å². The number of aromatic nitrogens is 1. The molecule has 0 aliphatic heterocycles. The van der Waals surface area contributed by atoms with Gasteiger partial charge in [0.1, 0.15) is 6.61 Å². The summed E-state index contributed by atoms with van der Waals surface area (Å²) in [5.41, 5.74) is 1.06. The van der Waals surface area contributed by atoms with E-state index >= 15 is 0 Å². The number of Topliss-reactive ketones (excluding diaryl/α,β-unsaturated/α-hetero) is 2. The first kappa shape index (κ1) is 15.5. The van der Waals surface area contributed by atoms with Crippen molar-refractivity contribution < 1.29 is 18.9 Å². The molecule has 0 aromatic carbocycles. The topological polar surface area (TPSA) is 47.2 Å². The Balaban J connectivity index is 0.00000256. The molecule has 1 heterocycles. The Morgan fingerprint density at radius 1 is 1.18 bits per heavy atom. The summed E-state index contributed by atoms with van der Waals surface area (Å²) in [4.78, 5) is 22.9. The molecule has 0 amide bonds. The average molecular weight is 238 g/mol. The van der Waals surface area contributed by atoms with Gasteiger partial charge in [-0.15, -0.1) is 0 Å². The number of ketones is 2. The second-order valence-corrected chi connectivity index (χ2v) is 3.55. The van der Waals surface area contributed by atoms with E-state index < -0.39 is 0 Å². The van der Waals surface area contributed by atoms with Crippen LogP contribution in [0.3, 0.4) is 0 Å². The van der Waals surface area contributed by atoms with E-state index in [2.05, 4.69) is 0 Å². The highest BCUT2D eigenvalue weighted by Gasteiger charge is 2.22. The first-order chi connectivity index (χ1) is 7.57. The van der Waals surface area contributed by atoms with Crippen molar-refractivity contribution in [2.24, 2.45) is 0 Å². The van der Waals surface area contributed by atoms with E-state index in [0.717, 1.165) is 0 Å². The van der Waals surface area contributed by atoms with Gasteiger partial charge in [0.05, 0.1) is 0 Å². The zero-order chi connectivity index (χ0) is 12.1. The largest absolute Gasteiger partial charge is 0.378 e. The number of hydrogen-bond donors (Lipinski definition) is 0. The maximum atomic E-state index is 11.4. The van der Waals surface area contributed by atoms with Gasteiger partial charge in [-0.2, -0.15) is 4.57 Å². The molecule has 94 valence electrons. The molecule has 0 bridgehead atoms. The van der Waals surface area contributed by atoms with Crippen LogP contribution in [0.15, 0.2) is 18.2 Å². The highest BCUT2D eigenvalue weighted by Crippen LogP contribution is 2.00. The average Bonchev–Trinajstić information content (AvgIpc) is 2.25. The van der Waals surface area contributed by atoms with Crippen molar-refractivity contribution in [3.05, 3.63) is 29.6 Å². The third kappa shape index (κ3) is 3.75. The number of nitrogens with zero attached hydrogens (tertiary/aromatic N) is 1. The van der Waals surface area contributed by atoms with Gasteiger partial charge in [-0.3, -0.25) is 9.59 Å². The highest BCUT2D eigenvalue weighted by atomic mass is 16.5. The Kier molecular flexibility index (Phi) is 6.28. The van der Waals surface area contributed by atoms with Crippen molar-refractivity contribution in [2.45, 2.75) is 27.8 Å². The van der Waals surface area contributed by atoms with E-state index in [1.54, 1.807) is 29.9 Å². The van der Waals surface area contributed by atoms with E-state index in [1.165, 1.54) is 13.8 Å². The van der Waals surface area contributed by atoms with Gasteiger partial charge in [-0.05, 0) is 6.07 Å². The van der Waals surface area contributed by atoms with Crippen LogP contribution < -0.4 is 4.57 Å². The van der Waals surface area contributed by atoms with Crippen LogP contribution in [0.5, 0.6) is 0 Å². The minimum Gasteiger partial charge on any atom is -0.378 e. The molecule has 1 rings (SSSR count). The Morgan fingerprint density at radius 3 is 2.00 bits per heavy atom. The van der Waals surface area contributed by atoms with Crippen LogP contribution in [0.1, 0.15) is 42.3 Å². The van der Waals surface area contributed by atoms with E-state index in [0.29, 0.717) is 24.5 Å². The van der Waals surface area contributed by atoms with E-state index in [4.69, 9.17) is 4.74 Å². The second kappa shape index (κ2) is 6.91. The molecule has 17 heavy (non-hydrogen) atoms. The summed E-state index contributed by atoms with van der Waals surface area (Å²) in [5.74, 6) is -0.113. The standard InChI is InChI=1S/C12H16NO3.CH4/c1-9(14)11-5-4-6-12(10(2)15)13(11)7-8-16-3;/h4-6H,7-8H2,1-3H3;1H4/q+1;. The number of methoxy groups -OCH3 is 1. The van der Waals surface area contributed by atoms with Crippen LogP contribution in [-0.2, 0) is 11.3 Å². The fraction of sp³-hybridized carbons (Fsp3) is 0.462. The van der Waals surface area contributed by atoms with Gasteiger partial charge in [0, 0.05) is 33.1 Å². The van der Waals surface area contributed by atoms with E-state index in [9.17, 15) is 9.59 Å². The Morgan fingerprint density at radius 2 is 1.65 bits per heavy atom. The van der Waals surface area contributed by atoms with Crippen LogP contribution in [-0.4, -0.2) is 25.3 Å². The normalized spacial score (nSPS) is 9.59. The van der Waals surface area contributed by atoms with Crippen molar-refractivity contribution >= 4 is 11.6 Å². The maximum Gasteiger partial charge on any atom is 0.248 e. The summed E-state index contributed by atoms with van der Waals surface area (Å²) in [6, 6.07) is 5.14. The fourth-order valence-electron chi connectivity index (χ4n) is 1.58. The summed E-state index contributed by atoms with van der Waals surface area (Å²) in [7, 11) is 1.59. The molecule has 4 nitrogen and oxygen atoms in total. The lowest BCUT2D eigenvalue weighted by molar-refractivity contribution is -0.701. The van der Waals surface area contributed by atoms with Crippen LogP contribution in [0, 0.1) is 0 Å². The van der Waals surface area contributed by atoms with Gasteiger partial charge < -0.3 is 4.74 Å². The Hall–Kier alpha value is -1.55. The molecule has 1 aromatic rings. The number of carbonyl (C=O) groups excluding carboxylic acids is 2. The van der Waals surface area contributed by atoms with Crippen LogP contribution in [0.4, 0.5) is 0 Å². The van der Waals surface area contributed by atoms with Crippen molar-refractivity contribution in [1.29, 1.82) is 0 Å². The fourth-order valence-corrected chi connectivity index (χ4v) is 1.58. The number of pyridine rings is 1. The molecule has 4 heteroatoms. The van der Waals surface area contributed by atoms with E-state index in [-0.39, 0.29) is 19.0 Å². The summed E-state index contributed by atoms with van der Waals surface area (Å²) in [5, 5.41) is 0. The lowest BCUT2D eigenvalue weighted by Gasteiger charge is -2.04. The molecule has 0 spiro atoms. The van der Waals surface area contributed by atoms with Crippen LogP contribution in [0.25, 0.3) is 0 Å². The monoisotopic (exact) mass is 238 g/mol. The Labute approximate surface area is 102 Å².